The Morgan fingerprint density at radius 1 is 1.50 bits per heavy atom. The molecule has 0 aliphatic heterocycles. The molecule has 0 fully saturated rings. The number of aromatic nitrogens is 1. The highest BCUT2D eigenvalue weighted by atomic mass is 32.1. The molecular weight excluding hydrogens is 250 g/mol. The molecule has 2 amide bonds. The van der Waals surface area contributed by atoms with Crippen LogP contribution in [0.2, 0.25) is 0 Å². The van der Waals surface area contributed by atoms with Crippen LogP contribution in [0.1, 0.15) is 37.1 Å². The van der Waals surface area contributed by atoms with Gasteiger partial charge in [0, 0.05) is 29.1 Å². The Morgan fingerprint density at radius 3 is 2.56 bits per heavy atom. The summed E-state index contributed by atoms with van der Waals surface area (Å²) in [6.07, 6.45) is 1.65. The number of aryl methyl sites for hydroxylation is 1. The van der Waals surface area contributed by atoms with Crippen molar-refractivity contribution in [2.75, 3.05) is 0 Å². The summed E-state index contributed by atoms with van der Waals surface area (Å²) in [5.74, 6) is -0.846. The van der Waals surface area contributed by atoms with Crippen LogP contribution in [0.5, 0.6) is 0 Å². The van der Waals surface area contributed by atoms with Crippen molar-refractivity contribution >= 4 is 28.9 Å². The van der Waals surface area contributed by atoms with Gasteiger partial charge in [0.05, 0.1) is 11.4 Å². The molecule has 0 saturated heterocycles. The third kappa shape index (κ3) is 3.46. The number of imide groups is 1. The van der Waals surface area contributed by atoms with E-state index in [4.69, 9.17) is 5.41 Å². The topological polar surface area (TPSA) is 82.9 Å². The number of hydrogen-bond donors (Lipinski definition) is 2. The van der Waals surface area contributed by atoms with Crippen LogP contribution in [0.4, 0.5) is 0 Å². The number of carbonyl (C=O) groups is 2. The van der Waals surface area contributed by atoms with Crippen LogP contribution in [0.25, 0.3) is 0 Å². The number of hydrogen-bond acceptors (Lipinski definition) is 5. The Balaban J connectivity index is 2.77. The number of nitrogens with one attached hydrogen (secondary N) is 2. The van der Waals surface area contributed by atoms with Crippen molar-refractivity contribution in [2.24, 2.45) is 0 Å². The van der Waals surface area contributed by atoms with Crippen LogP contribution in [-0.2, 0) is 15.0 Å². The second-order valence-electron chi connectivity index (χ2n) is 4.63. The molecule has 0 spiro atoms. The summed E-state index contributed by atoms with van der Waals surface area (Å²) in [7, 11) is 0. The maximum Gasteiger partial charge on any atom is 0.232 e. The van der Waals surface area contributed by atoms with Gasteiger partial charge in [-0.05, 0) is 20.8 Å². The monoisotopic (exact) mass is 267 g/mol. The zero-order valence-corrected chi connectivity index (χ0v) is 11.8. The first-order valence-electron chi connectivity index (χ1n) is 5.54. The average Bonchev–Trinajstić information content (AvgIpc) is 2.63. The van der Waals surface area contributed by atoms with Crippen LogP contribution in [0, 0.1) is 12.3 Å². The lowest BCUT2D eigenvalue weighted by molar-refractivity contribution is -0.128. The largest absolute Gasteiger partial charge is 0.308 e. The van der Waals surface area contributed by atoms with Gasteiger partial charge in [-0.2, -0.15) is 0 Å². The first kappa shape index (κ1) is 14.5. The lowest BCUT2D eigenvalue weighted by atomic mass is 9.84. The Kier molecular flexibility index (Phi) is 4.34. The lowest BCUT2D eigenvalue weighted by Crippen LogP contribution is -2.35. The van der Waals surface area contributed by atoms with Crippen LogP contribution >= 0.6 is 11.3 Å². The Morgan fingerprint density at radius 2 is 2.11 bits per heavy atom. The second-order valence-corrected chi connectivity index (χ2v) is 5.86. The van der Waals surface area contributed by atoms with E-state index in [1.807, 2.05) is 20.8 Å². The van der Waals surface area contributed by atoms with Gasteiger partial charge in [0.1, 0.15) is 0 Å². The van der Waals surface area contributed by atoms with Crippen LogP contribution in [-0.4, -0.2) is 22.5 Å². The van der Waals surface area contributed by atoms with E-state index < -0.39 is 17.2 Å². The fraction of sp³-hybridized carbons (Fsp3) is 0.500. The second kappa shape index (κ2) is 5.39. The molecule has 2 N–H and O–H groups in total. The van der Waals surface area contributed by atoms with Crippen molar-refractivity contribution in [3.8, 4) is 0 Å². The molecule has 1 heterocycles. The quantitative estimate of drug-likeness (QED) is 0.816. The van der Waals surface area contributed by atoms with E-state index in [1.165, 1.54) is 18.3 Å². The number of nitrogens with zero attached hydrogens (tertiary/aromatic N) is 1. The van der Waals surface area contributed by atoms with E-state index in [2.05, 4.69) is 10.3 Å². The molecule has 18 heavy (non-hydrogen) atoms. The third-order valence-corrected chi connectivity index (χ3v) is 3.88. The van der Waals surface area contributed by atoms with Gasteiger partial charge >= 0.3 is 0 Å². The SMILES string of the molecule is CC(=O)NC(=O)CC(=N)C(C)(C)c1cnc(C)s1. The molecule has 0 bridgehead atoms. The molecule has 0 aliphatic carbocycles. The van der Waals surface area contributed by atoms with E-state index >= 15 is 0 Å². The normalized spacial score (nSPS) is 11.1. The highest BCUT2D eigenvalue weighted by Crippen LogP contribution is 2.30. The first-order valence-corrected chi connectivity index (χ1v) is 6.36. The fourth-order valence-electron chi connectivity index (χ4n) is 1.42. The maximum absolute atomic E-state index is 11.5. The van der Waals surface area contributed by atoms with Gasteiger partial charge in [-0.25, -0.2) is 4.98 Å². The summed E-state index contributed by atoms with van der Waals surface area (Å²) in [4.78, 5) is 27.3. The molecule has 1 aromatic rings. The molecule has 0 radical (unpaired) electrons. The Labute approximate surface area is 110 Å². The minimum absolute atomic E-state index is 0.0798. The van der Waals surface area contributed by atoms with Crippen molar-refractivity contribution in [3.05, 3.63) is 16.1 Å². The zero-order chi connectivity index (χ0) is 13.9. The molecule has 0 atom stereocenters. The molecular formula is C12H17N3O2S. The first-order chi connectivity index (χ1) is 8.23. The van der Waals surface area contributed by atoms with Crippen LogP contribution in [0.15, 0.2) is 6.20 Å². The number of rotatable bonds is 4. The summed E-state index contributed by atoms with van der Waals surface area (Å²) in [6.45, 7) is 6.93. The van der Waals surface area contributed by atoms with Crippen LogP contribution < -0.4 is 5.32 Å². The van der Waals surface area contributed by atoms with Crippen molar-refractivity contribution in [2.45, 2.75) is 39.5 Å². The zero-order valence-electron chi connectivity index (χ0n) is 11.0. The van der Waals surface area contributed by atoms with Crippen LogP contribution in [0.3, 0.4) is 0 Å². The fourth-order valence-corrected chi connectivity index (χ4v) is 2.33. The smallest absolute Gasteiger partial charge is 0.232 e. The van der Waals surface area contributed by atoms with E-state index in [0.29, 0.717) is 0 Å². The van der Waals surface area contributed by atoms with Gasteiger partial charge < -0.3 is 5.41 Å². The molecule has 98 valence electrons. The molecule has 5 nitrogen and oxygen atoms in total. The average molecular weight is 267 g/mol. The highest BCUT2D eigenvalue weighted by molar-refractivity contribution is 7.11. The molecule has 0 unspecified atom stereocenters. The maximum atomic E-state index is 11.5. The Bertz CT molecular complexity index is 491. The number of carbonyl (C=O) groups excluding carboxylic acids is 2. The van der Waals surface area contributed by atoms with Gasteiger partial charge in [0.2, 0.25) is 11.8 Å². The number of thiazole rings is 1. The van der Waals surface area contributed by atoms with Crippen molar-refractivity contribution < 1.29 is 9.59 Å². The van der Waals surface area contributed by atoms with E-state index in [1.54, 1.807) is 6.20 Å². The summed E-state index contributed by atoms with van der Waals surface area (Å²) >= 11 is 1.51. The molecule has 0 saturated carbocycles. The van der Waals surface area contributed by atoms with Gasteiger partial charge in [0.25, 0.3) is 0 Å². The predicted octanol–water partition coefficient (Wildman–Crippen LogP) is 1.80. The Hall–Kier alpha value is -1.56. The summed E-state index contributed by atoms with van der Waals surface area (Å²) in [5.41, 5.74) is -0.273. The van der Waals surface area contributed by atoms with Crippen molar-refractivity contribution in [1.29, 1.82) is 5.41 Å². The molecule has 0 aliphatic rings. The van der Waals surface area contributed by atoms with E-state index in [9.17, 15) is 9.59 Å². The molecule has 1 rings (SSSR count). The minimum atomic E-state index is -0.542. The molecule has 6 heteroatoms. The van der Waals surface area contributed by atoms with E-state index in [0.717, 1.165) is 9.88 Å². The standard InChI is InChI=1S/C12H17N3O2S/c1-7(16)15-11(17)5-9(13)12(3,4)10-6-14-8(2)18-10/h6,13H,5H2,1-4H3,(H,15,16,17). The van der Waals surface area contributed by atoms with Gasteiger partial charge in [-0.3, -0.25) is 14.9 Å². The van der Waals surface area contributed by atoms with Gasteiger partial charge in [-0.1, -0.05) is 0 Å². The van der Waals surface area contributed by atoms with Crippen molar-refractivity contribution in [3.63, 3.8) is 0 Å². The predicted molar refractivity (Wildman–Crippen MR) is 71.0 cm³/mol. The minimum Gasteiger partial charge on any atom is -0.308 e. The summed E-state index contributed by atoms with van der Waals surface area (Å²) in [5, 5.41) is 11.1. The third-order valence-electron chi connectivity index (χ3n) is 2.64. The molecule has 0 aromatic carbocycles. The molecule has 1 aromatic heterocycles. The van der Waals surface area contributed by atoms with Gasteiger partial charge in [-0.15, -0.1) is 11.3 Å². The van der Waals surface area contributed by atoms with Gasteiger partial charge in [0.15, 0.2) is 0 Å². The van der Waals surface area contributed by atoms with E-state index in [-0.39, 0.29) is 12.1 Å². The summed E-state index contributed by atoms with van der Waals surface area (Å²) in [6, 6.07) is 0. The van der Waals surface area contributed by atoms with Crippen molar-refractivity contribution in [1.82, 2.24) is 10.3 Å². The number of amides is 2. The summed E-state index contributed by atoms with van der Waals surface area (Å²) < 4.78 is 0. The highest BCUT2D eigenvalue weighted by Gasteiger charge is 2.29. The lowest BCUT2D eigenvalue weighted by Gasteiger charge is -2.23.